The molecule has 2 aliphatic heterocycles. The van der Waals surface area contributed by atoms with Gasteiger partial charge >= 0.3 is 0 Å². The molecule has 2 fully saturated rings. The van der Waals surface area contributed by atoms with Crippen molar-refractivity contribution in [3.63, 3.8) is 0 Å². The van der Waals surface area contributed by atoms with Gasteiger partial charge in [-0.25, -0.2) is 9.97 Å². The third-order valence-corrected chi connectivity index (χ3v) is 6.52. The quantitative estimate of drug-likeness (QED) is 0.224. The molecule has 2 aromatic heterocycles. The van der Waals surface area contributed by atoms with E-state index in [0.717, 1.165) is 76.5 Å². The molecule has 5 rings (SSSR count). The molecule has 0 aliphatic carbocycles. The number of piperazine rings is 1. The van der Waals surface area contributed by atoms with E-state index in [-0.39, 0.29) is 10.6 Å². The molecular formula is C21H27N9O3. The molecule has 0 unspecified atom stereocenters. The third kappa shape index (κ3) is 4.38. The zero-order valence-electron chi connectivity index (χ0n) is 18.4. The van der Waals surface area contributed by atoms with Crippen molar-refractivity contribution in [3.05, 3.63) is 46.0 Å². The minimum Gasteiger partial charge on any atom is -0.571 e. The molecule has 0 radical (unpaired) electrons. The zero-order valence-corrected chi connectivity index (χ0v) is 18.4. The summed E-state index contributed by atoms with van der Waals surface area (Å²) in [6.45, 7) is 6.71. The number of fused-ring (bicyclic) bond motifs is 1. The molecule has 33 heavy (non-hydrogen) atoms. The first kappa shape index (κ1) is 21.3. The van der Waals surface area contributed by atoms with E-state index in [0.29, 0.717) is 22.7 Å². The van der Waals surface area contributed by atoms with Crippen molar-refractivity contribution in [1.82, 2.24) is 24.6 Å². The van der Waals surface area contributed by atoms with Gasteiger partial charge in [0, 0.05) is 62.5 Å². The number of aromatic nitrogens is 5. The smallest absolute Gasteiger partial charge is 0.292 e. The lowest BCUT2D eigenvalue weighted by Gasteiger charge is -2.36. The summed E-state index contributed by atoms with van der Waals surface area (Å²) in [5.74, 6) is 0. The highest BCUT2D eigenvalue weighted by Crippen LogP contribution is 2.34. The second kappa shape index (κ2) is 9.14. The first-order chi connectivity index (χ1) is 16.1. The Hall–Kier alpha value is -3.54. The largest absolute Gasteiger partial charge is 0.571 e. The van der Waals surface area contributed by atoms with Gasteiger partial charge in [0.05, 0.1) is 22.8 Å². The minimum absolute atomic E-state index is 0.187. The number of nitro benzene ring substituents is 1. The monoisotopic (exact) mass is 453 g/mol. The molecule has 2 aliphatic rings. The summed E-state index contributed by atoms with van der Waals surface area (Å²) in [5.41, 5.74) is 3.01. The molecule has 2 saturated heterocycles. The second-order valence-electron chi connectivity index (χ2n) is 8.51. The number of benzene rings is 1. The van der Waals surface area contributed by atoms with E-state index in [9.17, 15) is 15.3 Å². The fraction of sp³-hybridized carbons (Fsp3) is 0.524. The lowest BCUT2D eigenvalue weighted by Crippen LogP contribution is -2.47. The minimum atomic E-state index is -0.281. The SMILES string of the molecule is O=[N+]([O-])c1ccc(N2CCN(CCCn3c4cncnc4n[n+]3[O-])CC2)cc1N1CCCC1. The van der Waals surface area contributed by atoms with Crippen molar-refractivity contribution in [1.29, 1.82) is 0 Å². The van der Waals surface area contributed by atoms with E-state index in [1.807, 2.05) is 12.1 Å². The van der Waals surface area contributed by atoms with Gasteiger partial charge in [0.25, 0.3) is 11.3 Å². The van der Waals surface area contributed by atoms with Crippen molar-refractivity contribution >= 4 is 28.2 Å². The molecule has 0 spiro atoms. The van der Waals surface area contributed by atoms with Gasteiger partial charge in [0.2, 0.25) is 0 Å². The Bertz CT molecular complexity index is 1140. The summed E-state index contributed by atoms with van der Waals surface area (Å²) in [6.07, 6.45) is 5.98. The Morgan fingerprint density at radius 2 is 1.82 bits per heavy atom. The zero-order chi connectivity index (χ0) is 22.8. The van der Waals surface area contributed by atoms with E-state index in [4.69, 9.17) is 0 Å². The maximum Gasteiger partial charge on any atom is 0.292 e. The van der Waals surface area contributed by atoms with E-state index < -0.39 is 0 Å². The van der Waals surface area contributed by atoms with Crippen molar-refractivity contribution in [2.45, 2.75) is 25.8 Å². The van der Waals surface area contributed by atoms with E-state index in [2.05, 4.69) is 29.8 Å². The molecule has 3 aromatic rings. The van der Waals surface area contributed by atoms with Gasteiger partial charge in [-0.1, -0.05) is 0 Å². The normalized spacial score (nSPS) is 17.2. The molecule has 174 valence electrons. The number of aryl methyl sites for hydroxylation is 1. The highest BCUT2D eigenvalue weighted by Gasteiger charge is 2.25. The van der Waals surface area contributed by atoms with Crippen LogP contribution in [0.2, 0.25) is 0 Å². The van der Waals surface area contributed by atoms with Crippen LogP contribution in [0.1, 0.15) is 19.3 Å². The first-order valence-electron chi connectivity index (χ1n) is 11.4. The highest BCUT2D eigenvalue weighted by molar-refractivity contribution is 5.71. The predicted molar refractivity (Wildman–Crippen MR) is 122 cm³/mol. The van der Waals surface area contributed by atoms with Gasteiger partial charge < -0.3 is 15.0 Å². The van der Waals surface area contributed by atoms with E-state index in [1.54, 1.807) is 16.9 Å². The van der Waals surface area contributed by atoms with Crippen LogP contribution in [0.15, 0.2) is 30.7 Å². The molecule has 12 nitrogen and oxygen atoms in total. The second-order valence-corrected chi connectivity index (χ2v) is 8.51. The molecule has 0 bridgehead atoms. The maximum atomic E-state index is 12.0. The number of nitrogens with zero attached hydrogens (tertiary/aromatic N) is 9. The lowest BCUT2D eigenvalue weighted by molar-refractivity contribution is -0.746. The van der Waals surface area contributed by atoms with Crippen LogP contribution < -0.4 is 14.8 Å². The maximum absolute atomic E-state index is 12.0. The average Bonchev–Trinajstić information content (AvgIpc) is 3.47. The van der Waals surface area contributed by atoms with Crippen LogP contribution in [0.25, 0.3) is 11.2 Å². The summed E-state index contributed by atoms with van der Waals surface area (Å²) in [7, 11) is 0. The molecule has 4 heterocycles. The van der Waals surface area contributed by atoms with Gasteiger partial charge in [-0.05, 0) is 31.4 Å². The Balaban J connectivity index is 1.18. The first-order valence-corrected chi connectivity index (χ1v) is 11.4. The molecule has 1 aromatic carbocycles. The van der Waals surface area contributed by atoms with E-state index in [1.165, 1.54) is 6.33 Å². The fourth-order valence-corrected chi connectivity index (χ4v) is 4.76. The Morgan fingerprint density at radius 3 is 2.58 bits per heavy atom. The number of hydrogen-bond donors (Lipinski definition) is 0. The summed E-state index contributed by atoms with van der Waals surface area (Å²) in [6, 6.07) is 5.50. The van der Waals surface area contributed by atoms with Gasteiger partial charge in [0.1, 0.15) is 12.0 Å². The Morgan fingerprint density at radius 1 is 1.03 bits per heavy atom. The van der Waals surface area contributed by atoms with Crippen molar-refractivity contribution < 1.29 is 9.88 Å². The number of nitro groups is 1. The van der Waals surface area contributed by atoms with Crippen LogP contribution >= 0.6 is 0 Å². The summed E-state index contributed by atoms with van der Waals surface area (Å²) in [4.78, 5) is 26.6. The summed E-state index contributed by atoms with van der Waals surface area (Å²) < 4.78 is 1.56. The van der Waals surface area contributed by atoms with Crippen LogP contribution in [0.5, 0.6) is 0 Å². The van der Waals surface area contributed by atoms with Gasteiger partial charge in [-0.3, -0.25) is 15.0 Å². The Kier molecular flexibility index (Phi) is 5.90. The standard InChI is InChI=1S/C21H27N9O3/c31-29(32)18-5-4-17(14-19(18)27-7-1-2-8-27)26-12-10-25(11-13-26)6-3-9-28-20-15-22-16-23-21(20)24-30(28)33/h4-5,14-16H,1-3,6-13H2. The van der Waals surface area contributed by atoms with Crippen LogP contribution in [0.3, 0.4) is 0 Å². The summed E-state index contributed by atoms with van der Waals surface area (Å²) >= 11 is 0. The van der Waals surface area contributed by atoms with Crippen LogP contribution in [-0.2, 0) is 6.54 Å². The lowest BCUT2D eigenvalue weighted by atomic mass is 10.2. The fourth-order valence-electron chi connectivity index (χ4n) is 4.76. The highest BCUT2D eigenvalue weighted by atomic mass is 16.6. The van der Waals surface area contributed by atoms with Gasteiger partial charge in [-0.15, -0.1) is 4.68 Å². The molecule has 0 amide bonds. The van der Waals surface area contributed by atoms with Crippen molar-refractivity contribution in [2.24, 2.45) is 0 Å². The Labute approximate surface area is 190 Å². The number of hydrogen-bond acceptors (Lipinski definition) is 9. The molecule has 0 saturated carbocycles. The van der Waals surface area contributed by atoms with Crippen molar-refractivity contribution in [2.75, 3.05) is 55.6 Å². The third-order valence-electron chi connectivity index (χ3n) is 6.52. The van der Waals surface area contributed by atoms with E-state index >= 15 is 0 Å². The average molecular weight is 454 g/mol. The molecular weight excluding hydrogens is 426 g/mol. The number of anilines is 2. The molecule has 0 atom stereocenters. The van der Waals surface area contributed by atoms with Crippen LogP contribution in [-0.4, -0.2) is 75.4 Å². The van der Waals surface area contributed by atoms with Gasteiger partial charge in [-0.2, -0.15) is 0 Å². The number of rotatable bonds is 7. The van der Waals surface area contributed by atoms with Crippen molar-refractivity contribution in [3.8, 4) is 0 Å². The summed E-state index contributed by atoms with van der Waals surface area (Å²) in [5, 5.41) is 27.4. The molecule has 0 N–H and O–H groups in total. The van der Waals surface area contributed by atoms with Crippen LogP contribution in [0, 0.1) is 15.3 Å². The van der Waals surface area contributed by atoms with Gasteiger partial charge in [0.15, 0.2) is 5.52 Å². The molecule has 12 heteroatoms. The topological polar surface area (TPSA) is 123 Å². The predicted octanol–water partition coefficient (Wildman–Crippen LogP) is 1.18. The van der Waals surface area contributed by atoms with Crippen LogP contribution in [0.4, 0.5) is 17.1 Å².